The third-order valence-corrected chi connectivity index (χ3v) is 5.41. The molecule has 0 aliphatic carbocycles. The van der Waals surface area contributed by atoms with Gasteiger partial charge in [0, 0.05) is 18.3 Å². The number of hydrogen-bond acceptors (Lipinski definition) is 4. The van der Waals surface area contributed by atoms with Gasteiger partial charge in [0.25, 0.3) is 5.91 Å². The first kappa shape index (κ1) is 18.7. The first-order chi connectivity index (χ1) is 12.8. The lowest BCUT2D eigenvalue weighted by molar-refractivity contribution is -0.113. The zero-order valence-electron chi connectivity index (χ0n) is 15.1. The fraction of sp³-hybridized carbons (Fsp3) is 0.158. The number of rotatable bonds is 4. The largest absolute Gasteiger partial charge is 0.496 e. The second-order valence-electron chi connectivity index (χ2n) is 5.97. The van der Waals surface area contributed by atoms with Gasteiger partial charge in [0.1, 0.15) is 11.4 Å². The number of para-hydroxylation sites is 1. The number of carbonyl (C=O) groups is 1. The van der Waals surface area contributed by atoms with Crippen LogP contribution in [0.25, 0.3) is 0 Å². The second-order valence-corrected chi connectivity index (χ2v) is 7.60. The van der Waals surface area contributed by atoms with Crippen LogP contribution in [-0.4, -0.2) is 38.5 Å². The molecule has 0 radical (unpaired) electrons. The van der Waals surface area contributed by atoms with Gasteiger partial charge >= 0.3 is 10.2 Å². The topological polar surface area (TPSA) is 88.1 Å². The Morgan fingerprint density at radius 2 is 1.78 bits per heavy atom. The number of nitrogens with zero attached hydrogens (tertiary/aromatic N) is 2. The van der Waals surface area contributed by atoms with E-state index >= 15 is 0 Å². The Balaban J connectivity index is 2.00. The van der Waals surface area contributed by atoms with Gasteiger partial charge in [-0.15, -0.1) is 4.40 Å². The number of benzene rings is 2. The monoisotopic (exact) mass is 385 g/mol. The van der Waals surface area contributed by atoms with E-state index in [1.165, 1.54) is 20.2 Å². The highest BCUT2D eigenvalue weighted by Gasteiger charge is 2.30. The fourth-order valence-electron chi connectivity index (χ4n) is 2.58. The minimum absolute atomic E-state index is 0.0357. The van der Waals surface area contributed by atoms with Gasteiger partial charge in [-0.3, -0.25) is 4.79 Å². The molecule has 1 aliphatic heterocycles. The number of likely N-dealkylation sites (N-methyl/N-ethyl adjacent to an activating group) is 1. The maximum Gasteiger partial charge on any atom is 0.345 e. The summed E-state index contributed by atoms with van der Waals surface area (Å²) < 4.78 is 34.8. The lowest BCUT2D eigenvalue weighted by Crippen LogP contribution is -2.35. The minimum Gasteiger partial charge on any atom is -0.496 e. The van der Waals surface area contributed by atoms with Crippen molar-refractivity contribution >= 4 is 27.5 Å². The Bertz CT molecular complexity index is 1040. The maximum absolute atomic E-state index is 12.7. The van der Waals surface area contributed by atoms with Gasteiger partial charge in [0.15, 0.2) is 0 Å². The third-order valence-electron chi connectivity index (χ3n) is 4.10. The molecule has 1 heterocycles. The van der Waals surface area contributed by atoms with Crippen molar-refractivity contribution in [1.82, 2.24) is 4.31 Å². The average molecular weight is 385 g/mol. The van der Waals surface area contributed by atoms with Gasteiger partial charge in [-0.1, -0.05) is 29.8 Å². The summed E-state index contributed by atoms with van der Waals surface area (Å²) in [7, 11) is -1.27. The highest BCUT2D eigenvalue weighted by atomic mass is 32.2. The fourth-order valence-corrected chi connectivity index (χ4v) is 3.49. The van der Waals surface area contributed by atoms with Crippen LogP contribution in [0.5, 0.6) is 5.75 Å². The molecule has 8 heteroatoms. The Morgan fingerprint density at radius 1 is 1.11 bits per heavy atom. The van der Waals surface area contributed by atoms with Crippen LogP contribution >= 0.6 is 0 Å². The first-order valence-corrected chi connectivity index (χ1v) is 9.53. The van der Waals surface area contributed by atoms with Crippen molar-refractivity contribution in [2.75, 3.05) is 19.5 Å². The number of anilines is 1. The molecule has 3 rings (SSSR count). The predicted octanol–water partition coefficient (Wildman–Crippen LogP) is 2.51. The van der Waals surface area contributed by atoms with E-state index in [9.17, 15) is 13.2 Å². The van der Waals surface area contributed by atoms with Gasteiger partial charge in [0.2, 0.25) is 0 Å². The molecule has 0 spiro atoms. The molecule has 2 aromatic rings. The van der Waals surface area contributed by atoms with E-state index in [-0.39, 0.29) is 11.4 Å². The molecule has 2 aromatic carbocycles. The molecule has 140 valence electrons. The van der Waals surface area contributed by atoms with Crippen LogP contribution < -0.4 is 10.1 Å². The summed E-state index contributed by atoms with van der Waals surface area (Å²) in [4.78, 5) is 12.7. The molecule has 1 N–H and O–H groups in total. The Labute approximate surface area is 158 Å². The van der Waals surface area contributed by atoms with Crippen LogP contribution in [0.1, 0.15) is 11.1 Å². The molecule has 7 nitrogen and oxygen atoms in total. The molecule has 1 aliphatic rings. The first-order valence-electron chi connectivity index (χ1n) is 8.14. The van der Waals surface area contributed by atoms with E-state index in [4.69, 9.17) is 4.74 Å². The highest BCUT2D eigenvalue weighted by Crippen LogP contribution is 2.25. The number of nitrogens with one attached hydrogen (secondary N) is 1. The standard InChI is InChI=1S/C19H19N3O4S/c1-13-8-10-14(11-9-13)20-19(23)17-12-16(21-27(24,25)22(17)2)15-6-4-5-7-18(15)26-3/h4-12H,1-3H3,(H,20,23). The number of carbonyl (C=O) groups excluding carboxylic acids is 1. The lowest BCUT2D eigenvalue weighted by Gasteiger charge is -2.24. The second kappa shape index (κ2) is 7.24. The number of amides is 1. The minimum atomic E-state index is -4.04. The van der Waals surface area contributed by atoms with E-state index in [0.29, 0.717) is 17.0 Å². The van der Waals surface area contributed by atoms with Gasteiger partial charge in [-0.2, -0.15) is 8.42 Å². The van der Waals surface area contributed by atoms with Crippen LogP contribution in [0, 0.1) is 6.92 Å². The quantitative estimate of drug-likeness (QED) is 0.876. The van der Waals surface area contributed by atoms with E-state index in [1.807, 2.05) is 19.1 Å². The van der Waals surface area contributed by atoms with Crippen molar-refractivity contribution in [1.29, 1.82) is 0 Å². The van der Waals surface area contributed by atoms with Crippen LogP contribution in [0.15, 0.2) is 64.7 Å². The predicted molar refractivity (Wildman–Crippen MR) is 104 cm³/mol. The number of aryl methyl sites for hydroxylation is 1. The van der Waals surface area contributed by atoms with E-state index in [1.54, 1.807) is 36.4 Å². The van der Waals surface area contributed by atoms with Crippen LogP contribution in [0.3, 0.4) is 0 Å². The molecular formula is C19H19N3O4S. The molecule has 0 bridgehead atoms. The molecule has 0 atom stereocenters. The van der Waals surface area contributed by atoms with Crippen molar-refractivity contribution in [2.24, 2.45) is 4.40 Å². The summed E-state index contributed by atoms with van der Waals surface area (Å²) in [6, 6.07) is 14.1. The molecular weight excluding hydrogens is 366 g/mol. The summed E-state index contributed by atoms with van der Waals surface area (Å²) in [5.74, 6) is -0.0854. The number of methoxy groups -OCH3 is 1. The van der Waals surface area contributed by atoms with Crippen molar-refractivity contribution in [3.05, 3.63) is 71.4 Å². The normalized spacial score (nSPS) is 15.6. The van der Waals surface area contributed by atoms with Crippen LogP contribution in [0.2, 0.25) is 0 Å². The van der Waals surface area contributed by atoms with Crippen LogP contribution in [-0.2, 0) is 15.0 Å². The van der Waals surface area contributed by atoms with Gasteiger partial charge in [-0.05, 0) is 37.3 Å². The molecule has 0 fully saturated rings. The molecule has 27 heavy (non-hydrogen) atoms. The smallest absolute Gasteiger partial charge is 0.345 e. The van der Waals surface area contributed by atoms with Crippen LogP contribution in [0.4, 0.5) is 5.69 Å². The van der Waals surface area contributed by atoms with Crippen molar-refractivity contribution in [3.63, 3.8) is 0 Å². The number of hydrogen-bond donors (Lipinski definition) is 1. The molecule has 0 unspecified atom stereocenters. The third kappa shape index (κ3) is 3.85. The summed E-state index contributed by atoms with van der Waals surface area (Å²) in [5.41, 5.74) is 2.21. The van der Waals surface area contributed by atoms with Gasteiger partial charge < -0.3 is 10.1 Å². The molecule has 1 amide bonds. The summed E-state index contributed by atoms with van der Waals surface area (Å²) in [5, 5.41) is 2.71. The summed E-state index contributed by atoms with van der Waals surface area (Å²) in [6.45, 7) is 1.94. The van der Waals surface area contributed by atoms with E-state index in [0.717, 1.165) is 9.87 Å². The highest BCUT2D eigenvalue weighted by molar-refractivity contribution is 7.88. The average Bonchev–Trinajstić information content (AvgIpc) is 2.65. The van der Waals surface area contributed by atoms with Crippen molar-refractivity contribution in [2.45, 2.75) is 6.92 Å². The Morgan fingerprint density at radius 3 is 2.44 bits per heavy atom. The van der Waals surface area contributed by atoms with Crippen molar-refractivity contribution < 1.29 is 17.9 Å². The Hall–Kier alpha value is -3.13. The zero-order chi connectivity index (χ0) is 19.6. The summed E-state index contributed by atoms with van der Waals surface area (Å²) >= 11 is 0. The van der Waals surface area contributed by atoms with Gasteiger partial charge in [0.05, 0.1) is 12.8 Å². The molecule has 0 saturated carbocycles. The van der Waals surface area contributed by atoms with Crippen molar-refractivity contribution in [3.8, 4) is 5.75 Å². The zero-order valence-corrected chi connectivity index (χ0v) is 15.9. The number of ether oxygens (including phenoxy) is 1. The maximum atomic E-state index is 12.7. The Kier molecular flexibility index (Phi) is 5.00. The van der Waals surface area contributed by atoms with E-state index in [2.05, 4.69) is 9.71 Å². The van der Waals surface area contributed by atoms with Gasteiger partial charge in [-0.25, -0.2) is 4.31 Å². The van der Waals surface area contributed by atoms with E-state index < -0.39 is 16.1 Å². The molecule has 0 saturated heterocycles. The number of allylic oxidation sites excluding steroid dienone is 1. The molecule has 0 aromatic heterocycles. The summed E-state index contributed by atoms with van der Waals surface area (Å²) in [6.07, 6.45) is 1.43. The SMILES string of the molecule is COc1ccccc1C1=NS(=O)(=O)N(C)C(C(=O)Nc2ccc(C)cc2)=C1. The lowest BCUT2D eigenvalue weighted by atomic mass is 10.1.